The molecule has 0 aromatic heterocycles. The molecule has 3 heteroatoms. The Labute approximate surface area is 102 Å². The molecule has 0 aliphatic rings. The zero-order valence-electron chi connectivity index (χ0n) is 10.6. The minimum absolute atomic E-state index is 0.464. The largest absolute Gasteiger partial charge is 0.444 e. The number of ether oxygens (including phenoxy) is 1. The first-order valence-electron chi connectivity index (χ1n) is 5.39. The summed E-state index contributed by atoms with van der Waals surface area (Å²) in [6.07, 6.45) is 4.83. The van der Waals surface area contributed by atoms with Crippen molar-refractivity contribution in [3.8, 4) is 12.3 Å². The van der Waals surface area contributed by atoms with Crippen LogP contribution >= 0.6 is 0 Å². The van der Waals surface area contributed by atoms with E-state index in [-0.39, 0.29) is 0 Å². The number of carbonyl (C=O) groups excluding carboxylic acids is 1. The van der Waals surface area contributed by atoms with Crippen molar-refractivity contribution < 1.29 is 9.53 Å². The Morgan fingerprint density at radius 2 is 2.06 bits per heavy atom. The third-order valence-electron chi connectivity index (χ3n) is 2.03. The van der Waals surface area contributed by atoms with Crippen LogP contribution in [0.25, 0.3) is 0 Å². The molecule has 3 nitrogen and oxygen atoms in total. The molecule has 17 heavy (non-hydrogen) atoms. The molecule has 0 fully saturated rings. The average molecular weight is 231 g/mol. The summed E-state index contributed by atoms with van der Waals surface area (Å²) in [6, 6.07) is 5.39. The van der Waals surface area contributed by atoms with Crippen molar-refractivity contribution in [1.82, 2.24) is 0 Å². The van der Waals surface area contributed by atoms with Crippen molar-refractivity contribution in [3.63, 3.8) is 0 Å². The van der Waals surface area contributed by atoms with Crippen molar-refractivity contribution in [1.29, 1.82) is 0 Å². The van der Waals surface area contributed by atoms with Crippen LogP contribution in [-0.2, 0) is 4.74 Å². The highest BCUT2D eigenvalue weighted by Crippen LogP contribution is 2.17. The summed E-state index contributed by atoms with van der Waals surface area (Å²) in [5, 5.41) is 2.69. The number of hydrogen-bond donors (Lipinski definition) is 1. The molecular weight excluding hydrogens is 214 g/mol. The Kier molecular flexibility index (Phi) is 3.80. The van der Waals surface area contributed by atoms with Crippen LogP contribution in [-0.4, -0.2) is 11.7 Å². The smallest absolute Gasteiger partial charge is 0.412 e. The van der Waals surface area contributed by atoms with Crippen LogP contribution < -0.4 is 5.32 Å². The molecule has 0 saturated heterocycles. The summed E-state index contributed by atoms with van der Waals surface area (Å²) in [6.45, 7) is 7.34. The molecular formula is C14H17NO2. The summed E-state index contributed by atoms with van der Waals surface area (Å²) in [5.41, 5.74) is 1.90. The summed E-state index contributed by atoms with van der Waals surface area (Å²) < 4.78 is 5.16. The van der Waals surface area contributed by atoms with Crippen molar-refractivity contribution in [2.45, 2.75) is 33.3 Å². The first kappa shape index (κ1) is 13.1. The quantitative estimate of drug-likeness (QED) is 0.753. The van der Waals surface area contributed by atoms with Gasteiger partial charge in [-0.15, -0.1) is 6.42 Å². The molecule has 1 aromatic rings. The second-order valence-corrected chi connectivity index (χ2v) is 4.80. The van der Waals surface area contributed by atoms with Gasteiger partial charge in [0.2, 0.25) is 0 Å². The molecule has 0 saturated carbocycles. The lowest BCUT2D eigenvalue weighted by molar-refractivity contribution is 0.0636. The van der Waals surface area contributed by atoms with Gasteiger partial charge in [0.05, 0.1) is 0 Å². The fraction of sp³-hybridized carbons (Fsp3) is 0.357. The molecule has 1 N–H and O–H groups in total. The minimum Gasteiger partial charge on any atom is -0.444 e. The van der Waals surface area contributed by atoms with Crippen molar-refractivity contribution in [2.75, 3.05) is 5.32 Å². The van der Waals surface area contributed by atoms with Gasteiger partial charge in [-0.25, -0.2) is 4.79 Å². The fourth-order valence-electron chi connectivity index (χ4n) is 1.31. The fourth-order valence-corrected chi connectivity index (χ4v) is 1.31. The lowest BCUT2D eigenvalue weighted by Gasteiger charge is -2.20. The van der Waals surface area contributed by atoms with Crippen LogP contribution in [0, 0.1) is 19.3 Å². The topological polar surface area (TPSA) is 38.3 Å². The summed E-state index contributed by atoms with van der Waals surface area (Å²) in [5.74, 6) is 2.54. The first-order chi connectivity index (χ1) is 7.81. The van der Waals surface area contributed by atoms with Crippen LogP contribution in [0.2, 0.25) is 0 Å². The molecule has 1 amide bonds. The number of anilines is 1. The second-order valence-electron chi connectivity index (χ2n) is 4.80. The SMILES string of the molecule is C#Cc1ccc(NC(=O)OC(C)(C)C)c(C)c1. The third-order valence-corrected chi connectivity index (χ3v) is 2.03. The van der Waals surface area contributed by atoms with E-state index in [9.17, 15) is 4.79 Å². The zero-order valence-corrected chi connectivity index (χ0v) is 10.6. The highest BCUT2D eigenvalue weighted by Gasteiger charge is 2.16. The van der Waals surface area contributed by atoms with Crippen molar-refractivity contribution >= 4 is 11.8 Å². The Morgan fingerprint density at radius 3 is 2.53 bits per heavy atom. The standard InChI is InChI=1S/C14H17NO2/c1-6-11-7-8-12(10(2)9-11)15-13(16)17-14(3,4)5/h1,7-9H,2-5H3,(H,15,16). The number of terminal acetylenes is 1. The van der Waals surface area contributed by atoms with Crippen LogP contribution in [0.4, 0.5) is 10.5 Å². The van der Waals surface area contributed by atoms with Crippen LogP contribution in [0.3, 0.4) is 0 Å². The molecule has 1 rings (SSSR count). The van der Waals surface area contributed by atoms with Gasteiger partial charge in [0.1, 0.15) is 5.60 Å². The Hall–Kier alpha value is -1.95. The van der Waals surface area contributed by atoms with Crippen molar-refractivity contribution in [2.24, 2.45) is 0 Å². The van der Waals surface area contributed by atoms with E-state index in [1.54, 1.807) is 12.1 Å². The third kappa shape index (κ3) is 4.20. The monoisotopic (exact) mass is 231 g/mol. The molecule has 0 heterocycles. The van der Waals surface area contributed by atoms with E-state index >= 15 is 0 Å². The van der Waals surface area contributed by atoms with Crippen molar-refractivity contribution in [3.05, 3.63) is 29.3 Å². The van der Waals surface area contributed by atoms with Crippen LogP contribution in [0.5, 0.6) is 0 Å². The molecule has 0 atom stereocenters. The molecule has 90 valence electrons. The number of rotatable bonds is 1. The number of hydrogen-bond acceptors (Lipinski definition) is 2. The van der Waals surface area contributed by atoms with E-state index in [0.29, 0.717) is 5.69 Å². The van der Waals surface area contributed by atoms with Gasteiger partial charge in [0.15, 0.2) is 0 Å². The second kappa shape index (κ2) is 4.92. The van der Waals surface area contributed by atoms with E-state index in [1.165, 1.54) is 0 Å². The highest BCUT2D eigenvalue weighted by atomic mass is 16.6. The molecule has 0 bridgehead atoms. The van der Waals surface area contributed by atoms with E-state index in [4.69, 9.17) is 11.2 Å². The summed E-state index contributed by atoms with van der Waals surface area (Å²) in [7, 11) is 0. The summed E-state index contributed by atoms with van der Waals surface area (Å²) in [4.78, 5) is 11.6. The molecule has 0 spiro atoms. The maximum absolute atomic E-state index is 11.6. The van der Waals surface area contributed by atoms with Gasteiger partial charge in [0, 0.05) is 11.3 Å². The van der Waals surface area contributed by atoms with Gasteiger partial charge in [-0.3, -0.25) is 5.32 Å². The van der Waals surface area contributed by atoms with Crippen LogP contribution in [0.15, 0.2) is 18.2 Å². The lowest BCUT2D eigenvalue weighted by Crippen LogP contribution is -2.27. The zero-order chi connectivity index (χ0) is 13.1. The molecule has 0 aliphatic heterocycles. The highest BCUT2D eigenvalue weighted by molar-refractivity contribution is 5.86. The Balaban J connectivity index is 2.76. The van der Waals surface area contributed by atoms with Gasteiger partial charge in [-0.05, 0) is 51.5 Å². The molecule has 0 radical (unpaired) electrons. The van der Waals surface area contributed by atoms with E-state index in [1.807, 2.05) is 33.8 Å². The van der Waals surface area contributed by atoms with Gasteiger partial charge >= 0.3 is 6.09 Å². The maximum Gasteiger partial charge on any atom is 0.412 e. The van der Waals surface area contributed by atoms with Gasteiger partial charge < -0.3 is 4.74 Å². The van der Waals surface area contributed by atoms with E-state index in [2.05, 4.69) is 11.2 Å². The van der Waals surface area contributed by atoms with Crippen LogP contribution in [0.1, 0.15) is 31.9 Å². The maximum atomic E-state index is 11.6. The normalized spacial score (nSPS) is 10.5. The van der Waals surface area contributed by atoms with Gasteiger partial charge in [-0.2, -0.15) is 0 Å². The van der Waals surface area contributed by atoms with Gasteiger partial charge in [-0.1, -0.05) is 5.92 Å². The molecule has 1 aromatic carbocycles. The van der Waals surface area contributed by atoms with E-state index in [0.717, 1.165) is 11.1 Å². The molecule has 0 aliphatic carbocycles. The predicted octanol–water partition coefficient (Wildman–Crippen LogP) is 3.32. The lowest BCUT2D eigenvalue weighted by atomic mass is 10.1. The predicted molar refractivity (Wildman–Crippen MR) is 69.0 cm³/mol. The number of aryl methyl sites for hydroxylation is 1. The Bertz CT molecular complexity index is 464. The minimum atomic E-state index is -0.503. The molecule has 0 unspecified atom stereocenters. The Morgan fingerprint density at radius 1 is 1.41 bits per heavy atom. The van der Waals surface area contributed by atoms with Gasteiger partial charge in [0.25, 0.3) is 0 Å². The number of carbonyl (C=O) groups is 1. The number of benzene rings is 1. The number of amides is 1. The first-order valence-corrected chi connectivity index (χ1v) is 5.39. The van der Waals surface area contributed by atoms with E-state index < -0.39 is 11.7 Å². The summed E-state index contributed by atoms with van der Waals surface area (Å²) >= 11 is 0. The average Bonchev–Trinajstić information content (AvgIpc) is 2.18. The number of nitrogens with one attached hydrogen (secondary N) is 1.